The zero-order valence-corrected chi connectivity index (χ0v) is 46.0. The predicted octanol–water partition coefficient (Wildman–Crippen LogP) is 8.37. The van der Waals surface area contributed by atoms with Gasteiger partial charge in [0.25, 0.3) is 0 Å². The third-order valence-corrected chi connectivity index (χ3v) is 10.6. The minimum atomic E-state index is -0.722. The zero-order chi connectivity index (χ0) is 56.7. The summed E-state index contributed by atoms with van der Waals surface area (Å²) < 4.78 is 23.7. The summed E-state index contributed by atoms with van der Waals surface area (Å²) in [5.74, 6) is -2.49. The summed E-state index contributed by atoms with van der Waals surface area (Å²) in [5.41, 5.74) is -0.542. The lowest BCUT2D eigenvalue weighted by atomic mass is 9.91. The van der Waals surface area contributed by atoms with Crippen molar-refractivity contribution in [3.8, 4) is 11.5 Å². The van der Waals surface area contributed by atoms with Crippen LogP contribution in [0.15, 0.2) is 24.3 Å². The van der Waals surface area contributed by atoms with E-state index in [-0.39, 0.29) is 97.5 Å². The van der Waals surface area contributed by atoms with E-state index in [0.717, 1.165) is 38.5 Å². The lowest BCUT2D eigenvalue weighted by Gasteiger charge is -2.14. The number of carboxylic acids is 2. The minimum absolute atomic E-state index is 0.0197. The average molecular weight is 1030 g/mol. The van der Waals surface area contributed by atoms with Gasteiger partial charge in [0.15, 0.2) is 6.79 Å². The fourth-order valence-corrected chi connectivity index (χ4v) is 3.20. The second-order valence-corrected chi connectivity index (χ2v) is 17.1. The van der Waals surface area contributed by atoms with Gasteiger partial charge < -0.3 is 59.4 Å². The van der Waals surface area contributed by atoms with Crippen molar-refractivity contribution in [2.45, 2.75) is 175 Å². The van der Waals surface area contributed by atoms with Crippen molar-refractivity contribution in [3.63, 3.8) is 0 Å². The van der Waals surface area contributed by atoms with Crippen molar-refractivity contribution in [2.24, 2.45) is 40.9 Å². The lowest BCUT2D eigenvalue weighted by molar-refractivity contribution is -0.156. The fourth-order valence-electron chi connectivity index (χ4n) is 3.20. The molecule has 19 nitrogen and oxygen atoms in total. The van der Waals surface area contributed by atoms with Crippen LogP contribution in [0.25, 0.3) is 0 Å². The number of hydrogen-bond acceptors (Lipinski definition) is 17. The monoisotopic (exact) mass is 1020 g/mol. The van der Waals surface area contributed by atoms with E-state index in [2.05, 4.69) is 9.47 Å². The van der Waals surface area contributed by atoms with Crippen molar-refractivity contribution >= 4 is 41.8 Å². The summed E-state index contributed by atoms with van der Waals surface area (Å²) in [6.07, 6.45) is 5.91. The first kappa shape index (κ1) is 77.6. The highest BCUT2D eigenvalue weighted by Gasteiger charge is 2.23. The highest BCUT2D eigenvalue weighted by Crippen LogP contribution is 2.19. The molecule has 0 saturated heterocycles. The van der Waals surface area contributed by atoms with Gasteiger partial charge in [0.2, 0.25) is 0 Å². The molecule has 0 radical (unpaired) electrons. The summed E-state index contributed by atoms with van der Waals surface area (Å²) in [4.78, 5) is 74.9. The standard InChI is InChI=1S/C11H14O3.C9H18O3.C8H16O3.C7H14O3.C6H12O3.C6H12O2.C5H10O2/c1-3-8(2)11(13)14-10-6-4-9(12)5-7-10;1-4-7(3)9(11)12-6-8(10)5-2;1-3-7(2)8(10)11-6-4-5-9;1-3-6(2)7(9)10-5-4-8;1-3-5(2)6(8)9-4-7;1-4-6(2,3)5(7)8;1-3-4(2)5(6)7/h4-8,12H,3H2,1-2H3;7-8,10H,4-6H2,1-3H3;7,9H,3-6H2,1-2H3;6,8H,3-5H2,1-2H3;5,7H,3-4H2,1-2H3;4H2,1-3H3,(H,7,8);4H,3H2,1-2H3,(H,6,7). The van der Waals surface area contributed by atoms with E-state index in [9.17, 15) is 33.6 Å². The van der Waals surface area contributed by atoms with Gasteiger partial charge in [-0.1, -0.05) is 96.9 Å². The second-order valence-electron chi connectivity index (χ2n) is 17.1. The molecule has 1 aromatic rings. The largest absolute Gasteiger partial charge is 0.508 e. The lowest BCUT2D eigenvalue weighted by Crippen LogP contribution is -2.21. The summed E-state index contributed by atoms with van der Waals surface area (Å²) >= 11 is 0. The molecule has 7 atom stereocenters. The molecule has 71 heavy (non-hydrogen) atoms. The normalized spacial score (nSPS) is 13.0. The van der Waals surface area contributed by atoms with Crippen molar-refractivity contribution in [3.05, 3.63) is 24.3 Å². The first-order chi connectivity index (χ1) is 33.1. The van der Waals surface area contributed by atoms with E-state index in [0.29, 0.717) is 31.6 Å². The van der Waals surface area contributed by atoms with Crippen molar-refractivity contribution in [2.75, 3.05) is 39.8 Å². The van der Waals surface area contributed by atoms with Crippen LogP contribution in [0.2, 0.25) is 0 Å². The van der Waals surface area contributed by atoms with Crippen LogP contribution < -0.4 is 4.74 Å². The molecule has 0 aliphatic heterocycles. The Kier molecular flexibility index (Phi) is 54.8. The summed E-state index contributed by atoms with van der Waals surface area (Å²) in [5, 5.41) is 59.5. The number of aliphatic carboxylic acids is 2. The number of aromatic hydroxyl groups is 1. The van der Waals surface area contributed by atoms with Crippen LogP contribution in [0.1, 0.15) is 169 Å². The molecule has 1 aromatic carbocycles. The molecule has 0 aliphatic carbocycles. The molecule has 0 bridgehead atoms. The molecular weight excluding hydrogens is 929 g/mol. The van der Waals surface area contributed by atoms with Crippen LogP contribution in [-0.2, 0) is 52.5 Å². The van der Waals surface area contributed by atoms with Crippen molar-refractivity contribution < 1.29 is 93.0 Å². The number of esters is 5. The molecule has 7 N–H and O–H groups in total. The average Bonchev–Trinajstić information content (AvgIpc) is 3.36. The number of phenols is 1. The van der Waals surface area contributed by atoms with Crippen molar-refractivity contribution in [1.29, 1.82) is 0 Å². The Morgan fingerprint density at radius 2 is 0.873 bits per heavy atom. The third kappa shape index (κ3) is 48.6. The predicted molar refractivity (Wildman–Crippen MR) is 271 cm³/mol. The van der Waals surface area contributed by atoms with Crippen molar-refractivity contribution in [1.82, 2.24) is 0 Å². The van der Waals surface area contributed by atoms with E-state index in [1.807, 2.05) is 76.2 Å². The number of carboxylic acid groups (broad SMARTS) is 2. The fraction of sp³-hybridized carbons (Fsp3) is 0.750. The molecular formula is C52H96O19. The molecule has 0 aromatic heterocycles. The third-order valence-electron chi connectivity index (χ3n) is 10.6. The molecule has 0 amide bonds. The number of carbonyl (C=O) groups is 7. The maximum atomic E-state index is 11.3. The van der Waals surface area contributed by atoms with Gasteiger partial charge >= 0.3 is 41.8 Å². The van der Waals surface area contributed by atoms with Crippen LogP contribution in [0.3, 0.4) is 0 Å². The number of ether oxygens (including phenoxy) is 5. The van der Waals surface area contributed by atoms with E-state index < -0.39 is 30.3 Å². The van der Waals surface area contributed by atoms with Gasteiger partial charge in [0.05, 0.1) is 60.2 Å². The maximum Gasteiger partial charge on any atom is 0.314 e. The first-order valence-corrected chi connectivity index (χ1v) is 24.7. The van der Waals surface area contributed by atoms with Gasteiger partial charge in [0.1, 0.15) is 24.7 Å². The number of aliphatic hydroxyl groups excluding tert-OH is 4. The minimum Gasteiger partial charge on any atom is -0.508 e. The SMILES string of the molecule is CCC(C)(C)C(=O)O.CCC(C)C(=O)O.CCC(C)C(=O)OCCCO.CCC(C)C(=O)OCCO.CCC(C)C(=O)OCO.CCC(C)C(=O)Oc1ccc(O)cc1.CCC(O)COC(=O)C(C)CC. The quantitative estimate of drug-likeness (QED) is 0.0168. The van der Waals surface area contributed by atoms with Crippen LogP contribution in [-0.4, -0.2) is 123 Å². The van der Waals surface area contributed by atoms with E-state index in [4.69, 9.17) is 50.0 Å². The molecule has 0 heterocycles. The van der Waals surface area contributed by atoms with Gasteiger partial charge in [0, 0.05) is 13.0 Å². The Bertz CT molecular complexity index is 1500. The number of phenolic OH excluding ortho intramolecular Hbond substituents is 1. The Morgan fingerprint density at radius 3 is 1.15 bits per heavy atom. The number of carbonyl (C=O) groups excluding carboxylic acids is 5. The van der Waals surface area contributed by atoms with Gasteiger partial charge in [-0.2, -0.15) is 0 Å². The molecule has 19 heteroatoms. The van der Waals surface area contributed by atoms with Crippen LogP contribution in [0, 0.1) is 40.9 Å². The number of rotatable bonds is 24. The van der Waals surface area contributed by atoms with Gasteiger partial charge in [-0.25, -0.2) is 0 Å². The molecule has 1 rings (SSSR count). The Morgan fingerprint density at radius 1 is 0.507 bits per heavy atom. The summed E-state index contributed by atoms with van der Waals surface area (Å²) in [6, 6.07) is 6.10. The van der Waals surface area contributed by atoms with E-state index in [1.54, 1.807) is 46.8 Å². The molecule has 418 valence electrons. The molecule has 0 aliphatic rings. The second kappa shape index (κ2) is 50.1. The number of hydrogen-bond donors (Lipinski definition) is 7. The van der Waals surface area contributed by atoms with Crippen LogP contribution in [0.5, 0.6) is 11.5 Å². The highest BCUT2D eigenvalue weighted by molar-refractivity contribution is 5.75. The Balaban J connectivity index is -0.000000176. The van der Waals surface area contributed by atoms with E-state index >= 15 is 0 Å². The summed E-state index contributed by atoms with van der Waals surface area (Å²) in [7, 11) is 0. The van der Waals surface area contributed by atoms with Crippen LogP contribution >= 0.6 is 0 Å². The number of aliphatic hydroxyl groups is 4. The first-order valence-electron chi connectivity index (χ1n) is 24.7. The summed E-state index contributed by atoms with van der Waals surface area (Å²) in [6.45, 7) is 29.4. The zero-order valence-electron chi connectivity index (χ0n) is 46.0. The van der Waals surface area contributed by atoms with Gasteiger partial charge in [-0.15, -0.1) is 0 Å². The molecule has 0 spiro atoms. The smallest absolute Gasteiger partial charge is 0.314 e. The topological polar surface area (TPSA) is 307 Å². The van der Waals surface area contributed by atoms with E-state index in [1.165, 1.54) is 12.1 Å². The number of benzene rings is 1. The molecule has 7 unspecified atom stereocenters. The van der Waals surface area contributed by atoms with Gasteiger partial charge in [-0.05, 0) is 89.5 Å². The van der Waals surface area contributed by atoms with Crippen LogP contribution in [0.4, 0.5) is 0 Å². The van der Waals surface area contributed by atoms with Gasteiger partial charge in [-0.3, -0.25) is 33.6 Å². The molecule has 0 saturated carbocycles. The maximum absolute atomic E-state index is 11.3. The highest BCUT2D eigenvalue weighted by atomic mass is 16.6. The Labute approximate surface area is 425 Å². The Hall–Kier alpha value is -4.85. The molecule has 0 fully saturated rings.